The Balaban J connectivity index is 1.99. The van der Waals surface area contributed by atoms with Crippen molar-refractivity contribution < 1.29 is 5.11 Å². The second-order valence-corrected chi connectivity index (χ2v) is 4.59. The second-order valence-electron chi connectivity index (χ2n) is 4.59. The third-order valence-electron chi connectivity index (χ3n) is 3.47. The van der Waals surface area contributed by atoms with Gasteiger partial charge in [0.15, 0.2) is 0 Å². The maximum Gasteiger partial charge on any atom is 0.115 e. The van der Waals surface area contributed by atoms with Crippen LogP contribution in [0.25, 0.3) is 0 Å². The zero-order chi connectivity index (χ0) is 9.60. The summed E-state index contributed by atoms with van der Waals surface area (Å²) in [5.74, 6) is 0.399. The number of fused-ring (bicyclic) bond motifs is 1. The van der Waals surface area contributed by atoms with Gasteiger partial charge in [-0.25, -0.2) is 0 Å². The number of hydrogen-bond acceptors (Lipinski definition) is 2. The van der Waals surface area contributed by atoms with E-state index in [2.05, 4.69) is 11.4 Å². The molecule has 74 valence electrons. The summed E-state index contributed by atoms with van der Waals surface area (Å²) in [7, 11) is 0. The van der Waals surface area contributed by atoms with Gasteiger partial charge in [0.25, 0.3) is 0 Å². The van der Waals surface area contributed by atoms with Crippen LogP contribution in [0, 0.1) is 0 Å². The number of phenolic OH excluding ortho intramolecular Hbond substituents is 1. The van der Waals surface area contributed by atoms with Gasteiger partial charge in [0, 0.05) is 5.54 Å². The molecule has 0 amide bonds. The van der Waals surface area contributed by atoms with E-state index in [9.17, 15) is 5.11 Å². The molecule has 1 fully saturated rings. The van der Waals surface area contributed by atoms with E-state index in [4.69, 9.17) is 0 Å². The number of benzene rings is 1. The van der Waals surface area contributed by atoms with Crippen LogP contribution in [0.4, 0.5) is 0 Å². The average Bonchev–Trinajstić information content (AvgIpc) is 2.93. The highest BCUT2D eigenvalue weighted by molar-refractivity contribution is 5.38. The third-order valence-corrected chi connectivity index (χ3v) is 3.47. The van der Waals surface area contributed by atoms with Crippen LogP contribution in [-0.2, 0) is 12.8 Å². The number of nitrogens with one attached hydrogen (secondary N) is 1. The van der Waals surface area contributed by atoms with Gasteiger partial charge in [-0.3, -0.25) is 0 Å². The van der Waals surface area contributed by atoms with Gasteiger partial charge in [0.05, 0.1) is 0 Å². The summed E-state index contributed by atoms with van der Waals surface area (Å²) in [6, 6.07) is 5.80. The van der Waals surface area contributed by atoms with Gasteiger partial charge in [-0.15, -0.1) is 0 Å². The first-order chi connectivity index (χ1) is 6.77. The van der Waals surface area contributed by atoms with Crippen LogP contribution in [0.2, 0.25) is 0 Å². The van der Waals surface area contributed by atoms with Gasteiger partial charge in [0.1, 0.15) is 5.75 Å². The normalized spacial score (nSPS) is 22.9. The van der Waals surface area contributed by atoms with Crippen LogP contribution in [0.15, 0.2) is 18.2 Å². The number of hydrogen-bond donors (Lipinski definition) is 2. The molecule has 0 bridgehead atoms. The molecule has 0 saturated heterocycles. The van der Waals surface area contributed by atoms with Crippen LogP contribution in [0.5, 0.6) is 5.75 Å². The lowest BCUT2D eigenvalue weighted by atomic mass is 9.99. The van der Waals surface area contributed by atoms with Crippen molar-refractivity contribution in [3.8, 4) is 5.75 Å². The predicted octanol–water partition coefficient (Wildman–Crippen LogP) is 1.61. The fourth-order valence-corrected chi connectivity index (χ4v) is 2.41. The standard InChI is InChI=1S/C12H15NO/c14-11-2-1-10-8-12(4-5-12)13-6-3-9(10)7-11/h1-2,7,13-14H,3-6,8H2. The van der Waals surface area contributed by atoms with Crippen molar-refractivity contribution in [1.29, 1.82) is 0 Å². The molecule has 0 unspecified atom stereocenters. The van der Waals surface area contributed by atoms with Gasteiger partial charge in [-0.2, -0.15) is 0 Å². The highest BCUT2D eigenvalue weighted by Gasteiger charge is 2.43. The first kappa shape index (κ1) is 8.30. The fraction of sp³-hybridized carbons (Fsp3) is 0.500. The maximum absolute atomic E-state index is 9.41. The van der Waals surface area contributed by atoms with E-state index < -0.39 is 0 Å². The first-order valence-corrected chi connectivity index (χ1v) is 5.33. The highest BCUT2D eigenvalue weighted by Crippen LogP contribution is 2.40. The van der Waals surface area contributed by atoms with E-state index in [1.54, 1.807) is 6.07 Å². The predicted molar refractivity (Wildman–Crippen MR) is 55.5 cm³/mol. The van der Waals surface area contributed by atoms with Gasteiger partial charge >= 0.3 is 0 Å². The van der Waals surface area contributed by atoms with Crippen molar-refractivity contribution in [3.05, 3.63) is 29.3 Å². The summed E-state index contributed by atoms with van der Waals surface area (Å²) in [4.78, 5) is 0. The Labute approximate surface area is 84.0 Å². The smallest absolute Gasteiger partial charge is 0.115 e. The van der Waals surface area contributed by atoms with Gasteiger partial charge in [-0.1, -0.05) is 6.07 Å². The monoisotopic (exact) mass is 189 g/mol. The third kappa shape index (κ3) is 1.30. The molecule has 1 aliphatic heterocycles. The molecule has 1 aromatic carbocycles. The number of aromatic hydroxyl groups is 1. The summed E-state index contributed by atoms with van der Waals surface area (Å²) >= 11 is 0. The lowest BCUT2D eigenvalue weighted by Crippen LogP contribution is -2.32. The van der Waals surface area contributed by atoms with E-state index >= 15 is 0 Å². The van der Waals surface area contributed by atoms with Crippen molar-refractivity contribution in [3.63, 3.8) is 0 Å². The van der Waals surface area contributed by atoms with Crippen LogP contribution in [-0.4, -0.2) is 17.2 Å². The Morgan fingerprint density at radius 2 is 2.07 bits per heavy atom. The van der Waals surface area contributed by atoms with E-state index in [0.717, 1.165) is 19.4 Å². The molecule has 2 N–H and O–H groups in total. The summed E-state index contributed by atoms with van der Waals surface area (Å²) in [5.41, 5.74) is 3.16. The molecule has 0 atom stereocenters. The zero-order valence-corrected chi connectivity index (χ0v) is 8.21. The van der Waals surface area contributed by atoms with E-state index in [1.807, 2.05) is 6.07 Å². The average molecular weight is 189 g/mol. The summed E-state index contributed by atoms with van der Waals surface area (Å²) < 4.78 is 0. The Kier molecular flexibility index (Phi) is 1.62. The van der Waals surface area contributed by atoms with Crippen molar-refractivity contribution in [2.75, 3.05) is 6.54 Å². The summed E-state index contributed by atoms with van der Waals surface area (Å²) in [6.07, 6.45) is 4.81. The van der Waals surface area contributed by atoms with E-state index in [1.165, 1.54) is 24.0 Å². The first-order valence-electron chi connectivity index (χ1n) is 5.33. The van der Waals surface area contributed by atoms with Crippen molar-refractivity contribution in [2.45, 2.75) is 31.2 Å². The molecular formula is C12H15NO. The largest absolute Gasteiger partial charge is 0.508 e. The Hall–Kier alpha value is -1.02. The number of rotatable bonds is 0. The van der Waals surface area contributed by atoms with Crippen LogP contribution < -0.4 is 5.32 Å². The van der Waals surface area contributed by atoms with Crippen molar-refractivity contribution in [1.82, 2.24) is 5.32 Å². The fourth-order valence-electron chi connectivity index (χ4n) is 2.41. The zero-order valence-electron chi connectivity index (χ0n) is 8.21. The van der Waals surface area contributed by atoms with Gasteiger partial charge in [-0.05, 0) is 55.5 Å². The molecule has 1 aromatic rings. The molecule has 2 heteroatoms. The lowest BCUT2D eigenvalue weighted by Gasteiger charge is -2.13. The second kappa shape index (κ2) is 2.74. The Morgan fingerprint density at radius 1 is 1.21 bits per heavy atom. The molecule has 1 heterocycles. The molecule has 14 heavy (non-hydrogen) atoms. The molecular weight excluding hydrogens is 174 g/mol. The quantitative estimate of drug-likeness (QED) is 0.650. The van der Waals surface area contributed by atoms with Crippen LogP contribution in [0.1, 0.15) is 24.0 Å². The summed E-state index contributed by atoms with van der Waals surface area (Å²) in [6.45, 7) is 1.05. The SMILES string of the molecule is Oc1ccc2c(c1)CCNC1(CC1)C2. The topological polar surface area (TPSA) is 32.3 Å². The molecule has 1 spiro atoms. The number of phenols is 1. The van der Waals surface area contributed by atoms with E-state index in [0.29, 0.717) is 11.3 Å². The van der Waals surface area contributed by atoms with Crippen molar-refractivity contribution >= 4 is 0 Å². The minimum Gasteiger partial charge on any atom is -0.508 e. The Bertz CT molecular complexity index is 369. The molecule has 0 aromatic heterocycles. The van der Waals surface area contributed by atoms with E-state index in [-0.39, 0.29) is 0 Å². The molecule has 3 rings (SSSR count). The molecule has 1 aliphatic carbocycles. The molecule has 2 aliphatic rings. The highest BCUT2D eigenvalue weighted by atomic mass is 16.3. The maximum atomic E-state index is 9.41. The summed E-state index contributed by atoms with van der Waals surface area (Å²) in [5, 5.41) is 13.0. The van der Waals surface area contributed by atoms with Crippen LogP contribution >= 0.6 is 0 Å². The minimum atomic E-state index is 0.399. The molecule has 0 radical (unpaired) electrons. The van der Waals surface area contributed by atoms with Crippen molar-refractivity contribution in [2.24, 2.45) is 0 Å². The van der Waals surface area contributed by atoms with Crippen LogP contribution in [0.3, 0.4) is 0 Å². The Morgan fingerprint density at radius 3 is 2.86 bits per heavy atom. The lowest BCUT2D eigenvalue weighted by molar-refractivity contribution is 0.474. The molecule has 1 saturated carbocycles. The molecule has 2 nitrogen and oxygen atoms in total. The minimum absolute atomic E-state index is 0.399. The van der Waals surface area contributed by atoms with Gasteiger partial charge in [0.2, 0.25) is 0 Å². The van der Waals surface area contributed by atoms with Gasteiger partial charge < -0.3 is 10.4 Å².